The minimum absolute atomic E-state index is 0.483. The number of H-pyrrole nitrogens is 1. The Labute approximate surface area is 114 Å². The molecule has 1 rings (SSSR count). The summed E-state index contributed by atoms with van der Waals surface area (Å²) in [5.74, 6) is -1.54. The first-order valence-corrected chi connectivity index (χ1v) is 5.34. The van der Waals surface area contributed by atoms with Crippen molar-refractivity contribution in [3.8, 4) is 5.88 Å². The summed E-state index contributed by atoms with van der Waals surface area (Å²) < 4.78 is 79.4. The van der Waals surface area contributed by atoms with Gasteiger partial charge < -0.3 is 15.5 Å². The summed E-state index contributed by atoms with van der Waals surface area (Å²) in [5, 5.41) is 6.85. The van der Waals surface area contributed by atoms with Crippen LogP contribution in [0.3, 0.4) is 0 Å². The number of aromatic amines is 1. The first kappa shape index (κ1) is 16.9. The van der Waals surface area contributed by atoms with Crippen LogP contribution < -0.4 is 16.0 Å². The van der Waals surface area contributed by atoms with Crippen LogP contribution >= 0.6 is 0 Å². The van der Waals surface area contributed by atoms with Crippen LogP contribution in [-0.4, -0.2) is 23.2 Å². The quantitative estimate of drug-likeness (QED) is 0.443. The van der Waals surface area contributed by atoms with E-state index in [1.807, 2.05) is 4.98 Å². The summed E-state index contributed by atoms with van der Waals surface area (Å²) in [7, 11) is 0. The Morgan fingerprint density at radius 3 is 2.29 bits per heavy atom. The van der Waals surface area contributed by atoms with Gasteiger partial charge in [-0.25, -0.2) is 0 Å². The Hall–Kier alpha value is -2.20. The predicted molar refractivity (Wildman–Crippen MR) is 59.4 cm³/mol. The van der Waals surface area contributed by atoms with Gasteiger partial charge in [0.25, 0.3) is 0 Å². The van der Waals surface area contributed by atoms with Gasteiger partial charge in [-0.2, -0.15) is 31.3 Å². The van der Waals surface area contributed by atoms with E-state index in [0.29, 0.717) is 19.1 Å². The average Bonchev–Trinajstić information content (AvgIpc) is 2.25. The molecule has 0 unspecified atom stereocenters. The number of halogens is 6. The molecule has 1 aromatic rings. The summed E-state index contributed by atoms with van der Waals surface area (Å²) in [6.45, 7) is 0.688. The van der Waals surface area contributed by atoms with Crippen molar-refractivity contribution < 1.29 is 31.1 Å². The lowest BCUT2D eigenvalue weighted by Gasteiger charge is -2.18. The monoisotopic (exact) mass is 316 g/mol. The van der Waals surface area contributed by atoms with Gasteiger partial charge in [-0.15, -0.1) is 0 Å². The highest BCUT2D eigenvalue weighted by molar-refractivity contribution is 5.75. The second-order valence-corrected chi connectivity index (χ2v) is 3.88. The molecule has 21 heavy (non-hydrogen) atoms. The zero-order valence-corrected chi connectivity index (χ0v) is 10.4. The number of ether oxygens (including phenoxy) is 1. The lowest BCUT2D eigenvalue weighted by Crippen LogP contribution is -2.33. The number of pyridine rings is 1. The van der Waals surface area contributed by atoms with Crippen molar-refractivity contribution in [1.29, 1.82) is 5.41 Å². The normalized spacial score (nSPS) is 14.9. The van der Waals surface area contributed by atoms with Gasteiger partial charge in [0.2, 0.25) is 5.96 Å². The van der Waals surface area contributed by atoms with E-state index < -0.39 is 41.3 Å². The van der Waals surface area contributed by atoms with Gasteiger partial charge in [-0.1, -0.05) is 0 Å². The molecule has 5 nitrogen and oxygen atoms in total. The highest BCUT2D eigenvalue weighted by Crippen LogP contribution is 2.28. The molecule has 0 saturated heterocycles. The number of nitrogens with zero attached hydrogens (tertiary/aromatic N) is 1. The summed E-state index contributed by atoms with van der Waals surface area (Å²) >= 11 is 0. The summed E-state index contributed by atoms with van der Waals surface area (Å²) in [6.07, 6.45) is -11.7. The van der Waals surface area contributed by atoms with Crippen LogP contribution in [-0.2, 0) is 6.18 Å². The molecule has 0 aliphatic heterocycles. The Kier molecular flexibility index (Phi) is 4.54. The van der Waals surface area contributed by atoms with Crippen molar-refractivity contribution in [2.45, 2.75) is 25.4 Å². The van der Waals surface area contributed by atoms with E-state index in [2.05, 4.69) is 9.73 Å². The molecule has 0 fully saturated rings. The number of guanidine groups is 1. The van der Waals surface area contributed by atoms with Crippen LogP contribution in [0, 0.1) is 5.41 Å². The molecule has 1 atom stereocenters. The molecule has 11 heteroatoms. The Morgan fingerprint density at radius 2 is 1.86 bits per heavy atom. The topological polar surface area (TPSA) is 87.2 Å². The van der Waals surface area contributed by atoms with Gasteiger partial charge in [0.15, 0.2) is 12.0 Å². The highest BCUT2D eigenvalue weighted by Gasteiger charge is 2.38. The first-order valence-electron chi connectivity index (χ1n) is 5.34. The van der Waals surface area contributed by atoms with E-state index >= 15 is 0 Å². The third kappa shape index (κ3) is 4.68. The van der Waals surface area contributed by atoms with Crippen LogP contribution in [0.15, 0.2) is 17.1 Å². The van der Waals surface area contributed by atoms with Crippen LogP contribution in [0.4, 0.5) is 26.3 Å². The standard InChI is InChI=1S/C10H10F6N4O/c1-4(9(11,12)13)21-6-3-2-5(10(14,15)16)7(19-6)20-8(17)18/h2-4H,1H3,(H4,17,18,19,20)/t4-/m0/s1. The lowest BCUT2D eigenvalue weighted by atomic mass is 10.2. The maximum atomic E-state index is 12.7. The molecule has 0 aliphatic rings. The average molecular weight is 316 g/mol. The number of hydrogen-bond donors (Lipinski definition) is 3. The zero-order chi connectivity index (χ0) is 16.4. The fourth-order valence-corrected chi connectivity index (χ4v) is 1.23. The van der Waals surface area contributed by atoms with Crippen LogP contribution in [0.5, 0.6) is 5.88 Å². The minimum Gasteiger partial charge on any atom is -0.466 e. The molecule has 0 aromatic carbocycles. The van der Waals surface area contributed by atoms with Crippen molar-refractivity contribution in [2.75, 3.05) is 0 Å². The van der Waals surface area contributed by atoms with E-state index in [0.717, 1.165) is 0 Å². The minimum atomic E-state index is -4.82. The zero-order valence-electron chi connectivity index (χ0n) is 10.4. The van der Waals surface area contributed by atoms with E-state index in [1.54, 1.807) is 0 Å². The molecule has 4 N–H and O–H groups in total. The number of aromatic nitrogens is 1. The van der Waals surface area contributed by atoms with E-state index in [-0.39, 0.29) is 0 Å². The fourth-order valence-electron chi connectivity index (χ4n) is 1.23. The van der Waals surface area contributed by atoms with Gasteiger partial charge in [0, 0.05) is 0 Å². The number of hydrogen-bond acceptors (Lipinski definition) is 2. The van der Waals surface area contributed by atoms with Crippen molar-refractivity contribution >= 4 is 5.96 Å². The van der Waals surface area contributed by atoms with Crippen molar-refractivity contribution in [3.63, 3.8) is 0 Å². The third-order valence-electron chi connectivity index (χ3n) is 2.20. The molecule has 1 aromatic heterocycles. The molecule has 0 bridgehead atoms. The van der Waals surface area contributed by atoms with Gasteiger partial charge >= 0.3 is 12.4 Å². The first-order chi connectivity index (χ1) is 9.41. The summed E-state index contributed by atoms with van der Waals surface area (Å²) in [6, 6.07) is 1.17. The van der Waals surface area contributed by atoms with Gasteiger partial charge in [0.05, 0.1) is 5.56 Å². The van der Waals surface area contributed by atoms with E-state index in [4.69, 9.17) is 11.1 Å². The molecular formula is C10H10F6N4O. The molecule has 0 amide bonds. The van der Waals surface area contributed by atoms with E-state index in [9.17, 15) is 26.3 Å². The SMILES string of the molecule is C[C@H](Oc1ccc(C(F)(F)F)/c(=N/C(=N)N)[nH]1)C(F)(F)F. The molecule has 0 radical (unpaired) electrons. The van der Waals surface area contributed by atoms with E-state index in [1.165, 1.54) is 0 Å². The second-order valence-electron chi connectivity index (χ2n) is 3.88. The number of alkyl halides is 6. The number of nitrogens with one attached hydrogen (secondary N) is 2. The smallest absolute Gasteiger partial charge is 0.425 e. The maximum Gasteiger partial charge on any atom is 0.425 e. The predicted octanol–water partition coefficient (Wildman–Crippen LogP) is 2.16. The molecular weight excluding hydrogens is 306 g/mol. The maximum absolute atomic E-state index is 12.7. The third-order valence-corrected chi connectivity index (χ3v) is 2.20. The van der Waals surface area contributed by atoms with Gasteiger partial charge in [-0.3, -0.25) is 5.41 Å². The Balaban J connectivity index is 3.27. The van der Waals surface area contributed by atoms with Gasteiger partial charge in [0.1, 0.15) is 5.49 Å². The van der Waals surface area contributed by atoms with Crippen LogP contribution in [0.1, 0.15) is 12.5 Å². The molecule has 118 valence electrons. The molecule has 0 spiro atoms. The number of nitrogens with two attached hydrogens (primary N) is 1. The van der Waals surface area contributed by atoms with Crippen molar-refractivity contribution in [3.05, 3.63) is 23.2 Å². The fraction of sp³-hybridized carbons (Fsp3) is 0.400. The lowest BCUT2D eigenvalue weighted by molar-refractivity contribution is -0.190. The van der Waals surface area contributed by atoms with Crippen LogP contribution in [0.2, 0.25) is 0 Å². The van der Waals surface area contributed by atoms with Gasteiger partial charge in [-0.05, 0) is 19.1 Å². The summed E-state index contributed by atoms with van der Waals surface area (Å²) in [5.41, 5.74) is 2.66. The Morgan fingerprint density at radius 1 is 1.29 bits per heavy atom. The molecule has 0 aliphatic carbocycles. The van der Waals surface area contributed by atoms with Crippen LogP contribution in [0.25, 0.3) is 0 Å². The van der Waals surface area contributed by atoms with Crippen molar-refractivity contribution in [1.82, 2.24) is 4.98 Å². The Bertz CT molecular complexity index is 588. The second kappa shape index (κ2) is 5.66. The summed E-state index contributed by atoms with van der Waals surface area (Å²) in [4.78, 5) is 5.00. The molecule has 1 heterocycles. The number of rotatable bonds is 2. The van der Waals surface area contributed by atoms with Crippen molar-refractivity contribution in [2.24, 2.45) is 10.7 Å². The highest BCUT2D eigenvalue weighted by atomic mass is 19.4. The largest absolute Gasteiger partial charge is 0.466 e. The molecule has 0 saturated carbocycles.